The molecule has 0 bridgehead atoms. The number of carbonyl (C=O) groups is 2. The van der Waals surface area contributed by atoms with Gasteiger partial charge in [0.2, 0.25) is 0 Å². The Balaban J connectivity index is 2.12. The van der Waals surface area contributed by atoms with Gasteiger partial charge < -0.3 is 9.84 Å². The fraction of sp³-hybridized carbons (Fsp3) is 0.200. The largest absolute Gasteiger partial charge is 0.478 e. The molecule has 136 valence electrons. The molecule has 4 nitrogen and oxygen atoms in total. The number of carboxylic acids is 1. The van der Waals surface area contributed by atoms with E-state index < -0.39 is 17.4 Å². The van der Waals surface area contributed by atoms with Crippen LogP contribution in [0.25, 0.3) is 6.08 Å². The minimum absolute atomic E-state index is 0.159. The molecule has 0 saturated heterocycles. The summed E-state index contributed by atoms with van der Waals surface area (Å²) >= 11 is 1.59. The van der Waals surface area contributed by atoms with E-state index in [9.17, 15) is 14.0 Å². The van der Waals surface area contributed by atoms with E-state index in [0.29, 0.717) is 11.1 Å². The van der Waals surface area contributed by atoms with Gasteiger partial charge >= 0.3 is 5.97 Å². The molecule has 1 N–H and O–H groups in total. The van der Waals surface area contributed by atoms with Crippen LogP contribution in [-0.2, 0) is 4.79 Å². The van der Waals surface area contributed by atoms with E-state index in [1.807, 2.05) is 18.4 Å². The van der Waals surface area contributed by atoms with Gasteiger partial charge in [0.05, 0.1) is 0 Å². The van der Waals surface area contributed by atoms with Gasteiger partial charge in [0.15, 0.2) is 23.0 Å². The molecule has 0 aliphatic heterocycles. The first-order chi connectivity index (χ1) is 12.2. The number of ketones is 1. The molecule has 2 rings (SSSR count). The van der Waals surface area contributed by atoms with Crippen molar-refractivity contribution in [1.29, 1.82) is 0 Å². The third kappa shape index (κ3) is 4.95. The lowest BCUT2D eigenvalue weighted by Gasteiger charge is -2.21. The molecule has 0 spiro atoms. The van der Waals surface area contributed by atoms with Gasteiger partial charge in [0.1, 0.15) is 0 Å². The number of aliphatic carboxylic acids is 1. The first-order valence-electron chi connectivity index (χ1n) is 7.81. The normalized spacial score (nSPS) is 11.5. The second kappa shape index (κ2) is 8.19. The van der Waals surface area contributed by atoms with E-state index in [1.54, 1.807) is 30.0 Å². The summed E-state index contributed by atoms with van der Waals surface area (Å²) in [6.45, 7) is 2.67. The van der Waals surface area contributed by atoms with E-state index in [-0.39, 0.29) is 11.5 Å². The van der Waals surface area contributed by atoms with Gasteiger partial charge in [0, 0.05) is 10.5 Å². The molecule has 0 heterocycles. The van der Waals surface area contributed by atoms with E-state index in [0.717, 1.165) is 4.90 Å². The number of ether oxygens (including phenoxy) is 1. The van der Waals surface area contributed by atoms with Crippen LogP contribution in [0, 0.1) is 5.82 Å². The maximum Gasteiger partial charge on any atom is 0.347 e. The number of hydrogen-bond donors (Lipinski definition) is 1. The Morgan fingerprint density at radius 1 is 1.15 bits per heavy atom. The predicted molar refractivity (Wildman–Crippen MR) is 100 cm³/mol. The van der Waals surface area contributed by atoms with Crippen LogP contribution in [0.3, 0.4) is 0 Å². The summed E-state index contributed by atoms with van der Waals surface area (Å²) in [5.41, 5.74) is -0.531. The Labute approximate surface area is 155 Å². The molecule has 0 atom stereocenters. The van der Waals surface area contributed by atoms with Crippen molar-refractivity contribution in [2.45, 2.75) is 24.3 Å². The van der Waals surface area contributed by atoms with Crippen LogP contribution in [0.1, 0.15) is 29.8 Å². The van der Waals surface area contributed by atoms with Crippen LogP contribution in [0.5, 0.6) is 5.75 Å². The van der Waals surface area contributed by atoms with Gasteiger partial charge in [-0.2, -0.15) is 0 Å². The van der Waals surface area contributed by atoms with E-state index >= 15 is 0 Å². The number of hydrogen-bond acceptors (Lipinski definition) is 4. The van der Waals surface area contributed by atoms with Crippen molar-refractivity contribution in [2.24, 2.45) is 0 Å². The molecule has 0 radical (unpaired) electrons. The fourth-order valence-electron chi connectivity index (χ4n) is 2.05. The third-order valence-corrected chi connectivity index (χ3v) is 4.38. The minimum atomic E-state index is -1.54. The molecule has 0 aliphatic rings. The molecule has 0 aliphatic carbocycles. The minimum Gasteiger partial charge on any atom is -0.478 e. The first-order valence-corrected chi connectivity index (χ1v) is 9.04. The molecule has 0 fully saturated rings. The van der Waals surface area contributed by atoms with Crippen molar-refractivity contribution >= 4 is 29.6 Å². The van der Waals surface area contributed by atoms with Crippen LogP contribution in [-0.4, -0.2) is 28.7 Å². The molecule has 0 unspecified atom stereocenters. The zero-order valence-electron chi connectivity index (χ0n) is 14.7. The third-order valence-electron chi connectivity index (χ3n) is 3.64. The number of halogens is 1. The van der Waals surface area contributed by atoms with E-state index in [2.05, 4.69) is 0 Å². The lowest BCUT2D eigenvalue weighted by atomic mass is 10.1. The Hall–Kier alpha value is -2.60. The molecule has 0 amide bonds. The molecule has 2 aromatic rings. The van der Waals surface area contributed by atoms with Crippen LogP contribution in [0.15, 0.2) is 53.4 Å². The highest BCUT2D eigenvalue weighted by molar-refractivity contribution is 7.98. The highest BCUT2D eigenvalue weighted by atomic mass is 32.2. The molecular formula is C20H19FO4S. The summed E-state index contributed by atoms with van der Waals surface area (Å²) in [5, 5.41) is 9.04. The van der Waals surface area contributed by atoms with Crippen molar-refractivity contribution in [2.75, 3.05) is 6.26 Å². The number of carboxylic acid groups (broad SMARTS) is 1. The van der Waals surface area contributed by atoms with Crippen molar-refractivity contribution in [3.63, 3.8) is 0 Å². The highest BCUT2D eigenvalue weighted by Crippen LogP contribution is 2.24. The Morgan fingerprint density at radius 3 is 2.35 bits per heavy atom. The molecule has 0 aromatic heterocycles. The number of rotatable bonds is 7. The summed E-state index contributed by atoms with van der Waals surface area (Å²) in [7, 11) is 0. The Kier molecular flexibility index (Phi) is 6.21. The second-order valence-electron chi connectivity index (χ2n) is 6.03. The molecular weight excluding hydrogens is 355 g/mol. The van der Waals surface area contributed by atoms with E-state index in [1.165, 1.54) is 38.1 Å². The summed E-state index contributed by atoms with van der Waals surface area (Å²) < 4.78 is 19.3. The molecule has 0 saturated carbocycles. The lowest BCUT2D eigenvalue weighted by Crippen LogP contribution is -2.38. The van der Waals surface area contributed by atoms with Crippen LogP contribution in [0.4, 0.5) is 4.39 Å². The zero-order chi connectivity index (χ0) is 19.3. The van der Waals surface area contributed by atoms with E-state index in [4.69, 9.17) is 9.84 Å². The Bertz CT molecular complexity index is 841. The SMILES string of the molecule is CSc1ccc(C(=O)C=Cc2ccc(OC(C)(C)C(=O)O)c(F)c2)cc1. The fourth-order valence-corrected chi connectivity index (χ4v) is 2.45. The van der Waals surface area contributed by atoms with Crippen LogP contribution in [0.2, 0.25) is 0 Å². The molecule has 2 aromatic carbocycles. The van der Waals surface area contributed by atoms with Crippen molar-refractivity contribution in [3.05, 3.63) is 65.5 Å². The lowest BCUT2D eigenvalue weighted by molar-refractivity contribution is -0.152. The maximum absolute atomic E-state index is 14.1. The topological polar surface area (TPSA) is 63.6 Å². The van der Waals surface area contributed by atoms with Crippen LogP contribution >= 0.6 is 11.8 Å². The molecule has 26 heavy (non-hydrogen) atoms. The van der Waals surface area contributed by atoms with Gasteiger partial charge in [-0.3, -0.25) is 4.79 Å². The first kappa shape index (κ1) is 19.7. The van der Waals surface area contributed by atoms with Crippen LogP contribution < -0.4 is 4.74 Å². The van der Waals surface area contributed by atoms with Crippen molar-refractivity contribution in [3.8, 4) is 5.75 Å². The number of allylic oxidation sites excluding steroid dienone is 1. The summed E-state index contributed by atoms with van der Waals surface area (Å²) in [6.07, 6.45) is 4.82. The van der Waals surface area contributed by atoms with Gasteiger partial charge in [-0.25, -0.2) is 9.18 Å². The standard InChI is InChI=1S/C20H19FO4S/c1-20(2,19(23)24)25-18-11-5-13(12-16(18)21)4-10-17(22)14-6-8-15(26-3)9-7-14/h4-12H,1-3H3,(H,23,24). The zero-order valence-corrected chi connectivity index (χ0v) is 15.5. The average Bonchev–Trinajstić information content (AvgIpc) is 2.61. The van der Waals surface area contributed by atoms with Crippen molar-refractivity contribution < 1.29 is 23.8 Å². The Morgan fingerprint density at radius 2 is 1.81 bits per heavy atom. The van der Waals surface area contributed by atoms with Gasteiger partial charge in [-0.15, -0.1) is 11.8 Å². The van der Waals surface area contributed by atoms with Crippen molar-refractivity contribution in [1.82, 2.24) is 0 Å². The summed E-state index contributed by atoms with van der Waals surface area (Å²) in [6, 6.07) is 11.3. The summed E-state index contributed by atoms with van der Waals surface area (Å²) in [4.78, 5) is 24.3. The van der Waals surface area contributed by atoms with Gasteiger partial charge in [-0.1, -0.05) is 12.1 Å². The monoisotopic (exact) mass is 374 g/mol. The molecule has 6 heteroatoms. The predicted octanol–water partition coefficient (Wildman–Crippen LogP) is 4.69. The highest BCUT2D eigenvalue weighted by Gasteiger charge is 2.30. The summed E-state index contributed by atoms with van der Waals surface area (Å²) in [5.74, 6) is -2.24. The number of benzene rings is 2. The number of carbonyl (C=O) groups excluding carboxylic acids is 1. The smallest absolute Gasteiger partial charge is 0.347 e. The van der Waals surface area contributed by atoms with Gasteiger partial charge in [0.25, 0.3) is 0 Å². The van der Waals surface area contributed by atoms with Gasteiger partial charge in [-0.05, 0) is 68.1 Å². The quantitative estimate of drug-likeness (QED) is 0.433. The maximum atomic E-state index is 14.1. The average molecular weight is 374 g/mol. The second-order valence-corrected chi connectivity index (χ2v) is 6.91. The number of thioether (sulfide) groups is 1.